The molecule has 1 aliphatic rings. The van der Waals surface area contributed by atoms with Crippen LogP contribution in [0, 0.1) is 12.8 Å². The van der Waals surface area contributed by atoms with Gasteiger partial charge in [0.05, 0.1) is 25.5 Å². The highest BCUT2D eigenvalue weighted by Crippen LogP contribution is 2.38. The minimum atomic E-state index is -0.269. The lowest BCUT2D eigenvalue weighted by Gasteiger charge is -2.37. The molecule has 1 aromatic heterocycles. The molecule has 128 valence electrons. The number of hydrogen-bond acceptors (Lipinski definition) is 4. The van der Waals surface area contributed by atoms with Crippen molar-refractivity contribution in [3.8, 4) is 5.75 Å². The van der Waals surface area contributed by atoms with Crippen LogP contribution in [0.4, 0.5) is 0 Å². The SMILES string of the molecule is COc1ccc(C(=O)N[C@@H](c2cnn(C)c2)C2CC(O)C2)cc1C. The zero-order valence-corrected chi connectivity index (χ0v) is 14.2. The van der Waals surface area contributed by atoms with Crippen molar-refractivity contribution >= 4 is 5.91 Å². The summed E-state index contributed by atoms with van der Waals surface area (Å²) in [5, 5.41) is 16.9. The molecule has 1 atom stereocenters. The highest BCUT2D eigenvalue weighted by molar-refractivity contribution is 5.94. The summed E-state index contributed by atoms with van der Waals surface area (Å²) in [4.78, 5) is 12.7. The maximum Gasteiger partial charge on any atom is 0.251 e. The number of nitrogens with one attached hydrogen (secondary N) is 1. The van der Waals surface area contributed by atoms with Gasteiger partial charge in [0.25, 0.3) is 5.91 Å². The first-order chi connectivity index (χ1) is 11.5. The first-order valence-corrected chi connectivity index (χ1v) is 8.10. The molecule has 1 aliphatic carbocycles. The molecule has 24 heavy (non-hydrogen) atoms. The molecule has 1 fully saturated rings. The van der Waals surface area contributed by atoms with Gasteiger partial charge in [-0.25, -0.2) is 0 Å². The molecule has 0 radical (unpaired) electrons. The van der Waals surface area contributed by atoms with Gasteiger partial charge in [0.15, 0.2) is 0 Å². The van der Waals surface area contributed by atoms with Crippen molar-refractivity contribution in [2.24, 2.45) is 13.0 Å². The highest BCUT2D eigenvalue weighted by atomic mass is 16.5. The van der Waals surface area contributed by atoms with Gasteiger partial charge >= 0.3 is 0 Å². The van der Waals surface area contributed by atoms with Crippen LogP contribution in [0.25, 0.3) is 0 Å². The lowest BCUT2D eigenvalue weighted by molar-refractivity contribution is 0.0235. The molecule has 2 aromatic rings. The largest absolute Gasteiger partial charge is 0.496 e. The van der Waals surface area contributed by atoms with E-state index in [2.05, 4.69) is 10.4 Å². The van der Waals surface area contributed by atoms with Crippen LogP contribution >= 0.6 is 0 Å². The molecule has 0 saturated heterocycles. The van der Waals surface area contributed by atoms with Crippen LogP contribution in [-0.4, -0.2) is 34.0 Å². The standard InChI is InChI=1S/C18H23N3O3/c1-11-6-12(4-5-16(11)24-3)18(23)20-17(13-7-15(22)8-13)14-9-19-21(2)10-14/h4-6,9-10,13,15,17,22H,7-8H2,1-3H3,(H,20,23)/t13?,15?,17-/m1/s1. The van der Waals surface area contributed by atoms with Gasteiger partial charge in [0.1, 0.15) is 5.75 Å². The number of methoxy groups -OCH3 is 1. The average molecular weight is 329 g/mol. The third kappa shape index (κ3) is 3.28. The van der Waals surface area contributed by atoms with E-state index in [9.17, 15) is 9.90 Å². The Morgan fingerprint density at radius 2 is 2.21 bits per heavy atom. The second kappa shape index (κ2) is 6.65. The molecule has 3 rings (SSSR count). The zero-order chi connectivity index (χ0) is 17.3. The van der Waals surface area contributed by atoms with E-state index in [1.807, 2.05) is 26.2 Å². The smallest absolute Gasteiger partial charge is 0.251 e. The second-order valence-corrected chi connectivity index (χ2v) is 6.47. The molecular formula is C18H23N3O3. The predicted molar refractivity (Wildman–Crippen MR) is 89.9 cm³/mol. The number of carbonyl (C=O) groups excluding carboxylic acids is 1. The molecule has 6 nitrogen and oxygen atoms in total. The summed E-state index contributed by atoms with van der Waals surface area (Å²) in [6.45, 7) is 1.91. The molecule has 0 bridgehead atoms. The Balaban J connectivity index is 1.79. The Kier molecular flexibility index (Phi) is 4.57. The number of amides is 1. The topological polar surface area (TPSA) is 76.4 Å². The van der Waals surface area contributed by atoms with E-state index < -0.39 is 0 Å². The van der Waals surface area contributed by atoms with E-state index in [1.54, 1.807) is 30.1 Å². The van der Waals surface area contributed by atoms with Crippen LogP contribution in [0.15, 0.2) is 30.6 Å². The lowest BCUT2D eigenvalue weighted by atomic mass is 9.75. The van der Waals surface area contributed by atoms with Crippen LogP contribution in [0.1, 0.15) is 40.4 Å². The van der Waals surface area contributed by atoms with E-state index in [0.29, 0.717) is 18.4 Å². The fraction of sp³-hybridized carbons (Fsp3) is 0.444. The van der Waals surface area contributed by atoms with Gasteiger partial charge in [-0.1, -0.05) is 0 Å². The predicted octanol–water partition coefficient (Wildman–Crippen LogP) is 1.98. The quantitative estimate of drug-likeness (QED) is 0.879. The van der Waals surface area contributed by atoms with Crippen molar-refractivity contribution in [1.29, 1.82) is 0 Å². The summed E-state index contributed by atoms with van der Waals surface area (Å²) in [6.07, 6.45) is 4.81. The first kappa shape index (κ1) is 16.5. The molecule has 0 aliphatic heterocycles. The molecule has 6 heteroatoms. The number of hydrogen-bond donors (Lipinski definition) is 2. The molecule has 0 unspecified atom stereocenters. The fourth-order valence-electron chi connectivity index (χ4n) is 3.22. The maximum absolute atomic E-state index is 12.7. The summed E-state index contributed by atoms with van der Waals surface area (Å²) in [7, 11) is 3.47. The number of aryl methyl sites for hydroxylation is 2. The van der Waals surface area contributed by atoms with Gasteiger partial charge in [-0.2, -0.15) is 5.10 Å². The van der Waals surface area contributed by atoms with Crippen LogP contribution in [0.3, 0.4) is 0 Å². The summed E-state index contributed by atoms with van der Waals surface area (Å²) >= 11 is 0. The van der Waals surface area contributed by atoms with Crippen LogP contribution < -0.4 is 10.1 Å². The molecule has 2 N–H and O–H groups in total. The van der Waals surface area contributed by atoms with Crippen molar-refractivity contribution in [1.82, 2.24) is 15.1 Å². The van der Waals surface area contributed by atoms with Crippen LogP contribution in [0.2, 0.25) is 0 Å². The van der Waals surface area contributed by atoms with Crippen molar-refractivity contribution in [3.05, 3.63) is 47.3 Å². The van der Waals surface area contributed by atoms with Gasteiger partial charge in [-0.05, 0) is 49.4 Å². The van der Waals surface area contributed by atoms with Crippen molar-refractivity contribution in [3.63, 3.8) is 0 Å². The molecular weight excluding hydrogens is 306 g/mol. The van der Waals surface area contributed by atoms with Crippen LogP contribution in [0.5, 0.6) is 5.75 Å². The Hall–Kier alpha value is -2.34. The van der Waals surface area contributed by atoms with E-state index in [0.717, 1.165) is 16.9 Å². The zero-order valence-electron chi connectivity index (χ0n) is 14.2. The Morgan fingerprint density at radius 3 is 2.75 bits per heavy atom. The van der Waals surface area contributed by atoms with E-state index in [4.69, 9.17) is 4.74 Å². The van der Waals surface area contributed by atoms with Crippen molar-refractivity contribution in [2.45, 2.75) is 31.9 Å². The maximum atomic E-state index is 12.7. The molecule has 1 aromatic carbocycles. The normalized spacial score (nSPS) is 21.0. The Labute approximate surface area is 141 Å². The first-order valence-electron chi connectivity index (χ1n) is 8.10. The third-order valence-corrected chi connectivity index (χ3v) is 4.65. The summed E-state index contributed by atoms with van der Waals surface area (Å²) in [5.74, 6) is 0.862. The Bertz CT molecular complexity index is 735. The monoisotopic (exact) mass is 329 g/mol. The number of nitrogens with zero attached hydrogens (tertiary/aromatic N) is 2. The van der Waals surface area contributed by atoms with E-state index in [1.165, 1.54) is 0 Å². The minimum absolute atomic E-state index is 0.129. The van der Waals surface area contributed by atoms with Crippen molar-refractivity contribution in [2.75, 3.05) is 7.11 Å². The molecule has 1 heterocycles. The average Bonchev–Trinajstić information content (AvgIpc) is 2.96. The fourth-order valence-corrected chi connectivity index (χ4v) is 3.22. The second-order valence-electron chi connectivity index (χ2n) is 6.47. The number of benzene rings is 1. The minimum Gasteiger partial charge on any atom is -0.496 e. The lowest BCUT2D eigenvalue weighted by Crippen LogP contribution is -2.41. The highest BCUT2D eigenvalue weighted by Gasteiger charge is 2.36. The number of aliphatic hydroxyl groups excluding tert-OH is 1. The number of aliphatic hydroxyl groups is 1. The van der Waals surface area contributed by atoms with Crippen molar-refractivity contribution < 1.29 is 14.6 Å². The number of aromatic nitrogens is 2. The van der Waals surface area contributed by atoms with E-state index in [-0.39, 0.29) is 24.0 Å². The summed E-state index contributed by atoms with van der Waals surface area (Å²) in [5.41, 5.74) is 2.48. The Morgan fingerprint density at radius 1 is 1.46 bits per heavy atom. The number of ether oxygens (including phenoxy) is 1. The van der Waals surface area contributed by atoms with E-state index >= 15 is 0 Å². The van der Waals surface area contributed by atoms with Gasteiger partial charge in [-0.3, -0.25) is 9.48 Å². The van der Waals surface area contributed by atoms with Gasteiger partial charge < -0.3 is 15.2 Å². The molecule has 1 amide bonds. The van der Waals surface area contributed by atoms with Crippen LogP contribution in [-0.2, 0) is 7.05 Å². The summed E-state index contributed by atoms with van der Waals surface area (Å²) < 4.78 is 6.96. The van der Waals surface area contributed by atoms with Gasteiger partial charge in [0.2, 0.25) is 0 Å². The molecule has 0 spiro atoms. The van der Waals surface area contributed by atoms with Gasteiger partial charge in [-0.15, -0.1) is 0 Å². The third-order valence-electron chi connectivity index (χ3n) is 4.65. The molecule has 1 saturated carbocycles. The summed E-state index contributed by atoms with van der Waals surface area (Å²) in [6, 6.07) is 5.24. The number of carbonyl (C=O) groups is 1. The number of rotatable bonds is 5. The van der Waals surface area contributed by atoms with Gasteiger partial charge in [0, 0.05) is 24.4 Å².